The number of nitro groups is 1. The maximum Gasteiger partial charge on any atom is 0.274 e. The maximum atomic E-state index is 11.3. The Morgan fingerprint density at radius 2 is 2.25 bits per heavy atom. The Bertz CT molecular complexity index is 421. The molecule has 0 aliphatic heterocycles. The average molecular weight is 240 g/mol. The van der Waals surface area contributed by atoms with Crippen LogP contribution in [0.2, 0.25) is 0 Å². The number of benzene rings is 1. The molecule has 1 aromatic rings. The lowest BCUT2D eigenvalue weighted by Gasteiger charge is -2.04. The van der Waals surface area contributed by atoms with E-state index in [1.807, 2.05) is 6.26 Å². The molecule has 0 saturated carbocycles. The molecule has 0 fully saturated rings. The number of thioether (sulfide) groups is 1. The molecule has 1 amide bonds. The van der Waals surface area contributed by atoms with Crippen molar-refractivity contribution < 1.29 is 9.72 Å². The van der Waals surface area contributed by atoms with Crippen LogP contribution in [0.3, 0.4) is 0 Å². The third-order valence-corrected chi connectivity index (χ3v) is 2.52. The van der Waals surface area contributed by atoms with Crippen molar-refractivity contribution in [1.29, 1.82) is 0 Å². The number of anilines is 1. The van der Waals surface area contributed by atoms with Gasteiger partial charge in [0.25, 0.3) is 5.69 Å². The normalized spacial score (nSPS) is 9.88. The molecule has 0 heterocycles. The highest BCUT2D eigenvalue weighted by molar-refractivity contribution is 7.99. The van der Waals surface area contributed by atoms with Gasteiger partial charge in [-0.05, 0) is 19.2 Å². The number of nitro benzene ring substituents is 1. The zero-order valence-corrected chi connectivity index (χ0v) is 9.84. The van der Waals surface area contributed by atoms with E-state index >= 15 is 0 Å². The lowest BCUT2D eigenvalue weighted by atomic mass is 10.2. The smallest absolute Gasteiger partial charge is 0.274 e. The molecule has 0 atom stereocenters. The zero-order valence-electron chi connectivity index (χ0n) is 9.02. The predicted octanol–water partition coefficient (Wildman–Crippen LogP) is 2.20. The van der Waals surface area contributed by atoms with Gasteiger partial charge in [-0.1, -0.05) is 6.07 Å². The number of aryl methyl sites for hydroxylation is 1. The number of nitrogens with one attached hydrogen (secondary N) is 1. The third-order valence-electron chi connectivity index (χ3n) is 1.97. The van der Waals surface area contributed by atoms with Gasteiger partial charge in [0.1, 0.15) is 0 Å². The van der Waals surface area contributed by atoms with Crippen molar-refractivity contribution in [2.24, 2.45) is 0 Å². The van der Waals surface area contributed by atoms with Crippen molar-refractivity contribution in [3.05, 3.63) is 33.9 Å². The quantitative estimate of drug-likeness (QED) is 0.647. The Labute approximate surface area is 97.4 Å². The lowest BCUT2D eigenvalue weighted by molar-refractivity contribution is -0.385. The molecule has 1 rings (SSSR count). The minimum absolute atomic E-state index is 0.0157. The fourth-order valence-electron chi connectivity index (χ4n) is 1.21. The lowest BCUT2D eigenvalue weighted by Crippen LogP contribution is -2.13. The second-order valence-corrected chi connectivity index (χ2v) is 4.11. The predicted molar refractivity (Wildman–Crippen MR) is 64.8 cm³/mol. The first-order chi connectivity index (χ1) is 7.54. The van der Waals surface area contributed by atoms with Crippen molar-refractivity contribution >= 4 is 29.0 Å². The van der Waals surface area contributed by atoms with E-state index in [1.54, 1.807) is 19.1 Å². The van der Waals surface area contributed by atoms with Gasteiger partial charge in [0.05, 0.1) is 10.7 Å². The second kappa shape index (κ2) is 5.50. The van der Waals surface area contributed by atoms with Gasteiger partial charge < -0.3 is 5.32 Å². The Morgan fingerprint density at radius 3 is 2.81 bits per heavy atom. The molecule has 1 N–H and O–H groups in total. The topological polar surface area (TPSA) is 72.2 Å². The number of hydrogen-bond acceptors (Lipinski definition) is 4. The standard InChI is InChI=1S/C10H12N2O3S/c1-7-3-4-8(5-9(7)12(14)15)11-10(13)6-16-2/h3-5H,6H2,1-2H3,(H,11,13). The van der Waals surface area contributed by atoms with Gasteiger partial charge in [0.15, 0.2) is 0 Å². The molecule has 0 saturated heterocycles. The summed E-state index contributed by atoms with van der Waals surface area (Å²) in [6, 6.07) is 4.64. The Balaban J connectivity index is 2.87. The highest BCUT2D eigenvalue weighted by Gasteiger charge is 2.11. The molecule has 0 aliphatic rings. The highest BCUT2D eigenvalue weighted by Crippen LogP contribution is 2.22. The van der Waals surface area contributed by atoms with E-state index < -0.39 is 4.92 Å². The van der Waals surface area contributed by atoms with Crippen LogP contribution in [0.4, 0.5) is 11.4 Å². The van der Waals surface area contributed by atoms with Crippen LogP contribution in [-0.2, 0) is 4.79 Å². The fraction of sp³-hybridized carbons (Fsp3) is 0.300. The largest absolute Gasteiger partial charge is 0.325 e. The summed E-state index contributed by atoms with van der Waals surface area (Å²) in [5.41, 5.74) is 1.05. The summed E-state index contributed by atoms with van der Waals surface area (Å²) in [5.74, 6) is 0.174. The average Bonchev–Trinajstić information content (AvgIpc) is 2.21. The van der Waals surface area contributed by atoms with Gasteiger partial charge in [-0.25, -0.2) is 0 Å². The van der Waals surface area contributed by atoms with Crippen LogP contribution in [0.25, 0.3) is 0 Å². The number of carbonyl (C=O) groups is 1. The van der Waals surface area contributed by atoms with Crippen molar-refractivity contribution in [3.8, 4) is 0 Å². The molecule has 0 aliphatic carbocycles. The summed E-state index contributed by atoms with van der Waals surface area (Å²) in [7, 11) is 0. The van der Waals surface area contributed by atoms with Crippen LogP contribution in [0, 0.1) is 17.0 Å². The van der Waals surface area contributed by atoms with Crippen LogP contribution in [0.1, 0.15) is 5.56 Å². The first-order valence-corrected chi connectivity index (χ1v) is 5.98. The van der Waals surface area contributed by atoms with Gasteiger partial charge in [-0.15, -0.1) is 0 Å². The Kier molecular flexibility index (Phi) is 4.30. The van der Waals surface area contributed by atoms with Gasteiger partial charge >= 0.3 is 0 Å². The zero-order chi connectivity index (χ0) is 12.1. The van der Waals surface area contributed by atoms with Crippen LogP contribution in [0.5, 0.6) is 0 Å². The molecule has 6 heteroatoms. The van der Waals surface area contributed by atoms with Gasteiger partial charge in [-0.3, -0.25) is 14.9 Å². The summed E-state index contributed by atoms with van der Waals surface area (Å²) in [6.45, 7) is 1.66. The van der Waals surface area contributed by atoms with Crippen LogP contribution < -0.4 is 5.32 Å². The molecular formula is C10H12N2O3S. The Morgan fingerprint density at radius 1 is 1.56 bits per heavy atom. The van der Waals surface area contributed by atoms with Crippen molar-refractivity contribution in [2.75, 3.05) is 17.3 Å². The first-order valence-electron chi connectivity index (χ1n) is 4.58. The molecule has 5 nitrogen and oxygen atoms in total. The van der Waals surface area contributed by atoms with E-state index in [0.717, 1.165) is 0 Å². The molecule has 0 aromatic heterocycles. The summed E-state index contributed by atoms with van der Waals surface area (Å²) < 4.78 is 0. The molecule has 0 spiro atoms. The monoisotopic (exact) mass is 240 g/mol. The highest BCUT2D eigenvalue weighted by atomic mass is 32.2. The van der Waals surface area contributed by atoms with E-state index in [0.29, 0.717) is 17.0 Å². The SMILES string of the molecule is CSCC(=O)Nc1ccc(C)c([N+](=O)[O-])c1. The van der Waals surface area contributed by atoms with Crippen LogP contribution >= 0.6 is 11.8 Å². The van der Waals surface area contributed by atoms with Crippen LogP contribution in [-0.4, -0.2) is 22.8 Å². The van der Waals surface area contributed by atoms with Gasteiger partial charge in [-0.2, -0.15) is 11.8 Å². The van der Waals surface area contributed by atoms with E-state index in [4.69, 9.17) is 0 Å². The summed E-state index contributed by atoms with van der Waals surface area (Å²) >= 11 is 1.40. The number of amides is 1. The molecule has 0 radical (unpaired) electrons. The maximum absolute atomic E-state index is 11.3. The molecule has 86 valence electrons. The molecule has 0 unspecified atom stereocenters. The number of hydrogen-bond donors (Lipinski definition) is 1. The molecular weight excluding hydrogens is 228 g/mol. The van der Waals surface area contributed by atoms with E-state index in [9.17, 15) is 14.9 Å². The minimum Gasteiger partial charge on any atom is -0.325 e. The number of rotatable bonds is 4. The van der Waals surface area contributed by atoms with E-state index in [-0.39, 0.29) is 11.6 Å². The summed E-state index contributed by atoms with van der Waals surface area (Å²) in [6.07, 6.45) is 1.82. The van der Waals surface area contributed by atoms with Gasteiger partial charge in [0.2, 0.25) is 5.91 Å². The van der Waals surface area contributed by atoms with Crippen molar-refractivity contribution in [1.82, 2.24) is 0 Å². The fourth-order valence-corrected chi connectivity index (χ4v) is 1.55. The van der Waals surface area contributed by atoms with E-state index in [2.05, 4.69) is 5.32 Å². The van der Waals surface area contributed by atoms with Crippen LogP contribution in [0.15, 0.2) is 18.2 Å². The second-order valence-electron chi connectivity index (χ2n) is 3.24. The summed E-state index contributed by atoms with van der Waals surface area (Å²) in [5, 5.41) is 13.3. The first kappa shape index (κ1) is 12.5. The summed E-state index contributed by atoms with van der Waals surface area (Å²) in [4.78, 5) is 21.5. The third kappa shape index (κ3) is 3.23. The number of carbonyl (C=O) groups excluding carboxylic acids is 1. The minimum atomic E-state index is -0.459. The van der Waals surface area contributed by atoms with E-state index in [1.165, 1.54) is 17.8 Å². The van der Waals surface area contributed by atoms with Crippen molar-refractivity contribution in [3.63, 3.8) is 0 Å². The Hall–Kier alpha value is -1.56. The number of nitrogens with zero attached hydrogens (tertiary/aromatic N) is 1. The molecule has 16 heavy (non-hydrogen) atoms. The molecule has 0 bridgehead atoms. The molecule has 1 aromatic carbocycles. The van der Waals surface area contributed by atoms with Crippen molar-refractivity contribution in [2.45, 2.75) is 6.92 Å². The van der Waals surface area contributed by atoms with Gasteiger partial charge in [0, 0.05) is 17.3 Å².